The van der Waals surface area contributed by atoms with Gasteiger partial charge in [-0.15, -0.1) is 11.6 Å². The van der Waals surface area contributed by atoms with Crippen LogP contribution in [0.5, 0.6) is 5.75 Å². The van der Waals surface area contributed by atoms with Gasteiger partial charge in [0.05, 0.1) is 23.4 Å². The summed E-state index contributed by atoms with van der Waals surface area (Å²) < 4.78 is 6.62. The number of ether oxygens (including phenoxy) is 1. The third-order valence-corrected chi connectivity index (χ3v) is 6.53. The molecule has 0 spiro atoms. The molecular formula is C21H22ClN3O2S. The lowest BCUT2D eigenvalue weighted by molar-refractivity contribution is 0.102. The number of pyridine rings is 1. The summed E-state index contributed by atoms with van der Waals surface area (Å²) in [7, 11) is 1.65. The van der Waals surface area contributed by atoms with Crippen molar-refractivity contribution in [3.63, 3.8) is 0 Å². The molecule has 0 atom stereocenters. The minimum atomic E-state index is -0.217. The Morgan fingerprint density at radius 3 is 2.86 bits per heavy atom. The topological polar surface area (TPSA) is 64.1 Å². The Balaban J connectivity index is 1.66. The minimum absolute atomic E-state index is 0.217. The Morgan fingerprint density at radius 1 is 1.29 bits per heavy atom. The highest BCUT2D eigenvalue weighted by atomic mass is 35.5. The van der Waals surface area contributed by atoms with Crippen LogP contribution in [0, 0.1) is 0 Å². The molecule has 0 aliphatic heterocycles. The summed E-state index contributed by atoms with van der Waals surface area (Å²) in [6.07, 6.45) is 7.86. The van der Waals surface area contributed by atoms with Crippen LogP contribution in [0.4, 0.5) is 5.13 Å². The van der Waals surface area contributed by atoms with E-state index in [1.807, 2.05) is 6.07 Å². The number of hydrogen-bond donors (Lipinski definition) is 1. The first kappa shape index (κ1) is 19.2. The van der Waals surface area contributed by atoms with E-state index in [1.54, 1.807) is 25.4 Å². The van der Waals surface area contributed by atoms with Gasteiger partial charge >= 0.3 is 0 Å². The smallest absolute Gasteiger partial charge is 0.257 e. The molecule has 4 rings (SSSR count). The summed E-state index contributed by atoms with van der Waals surface area (Å²) in [6, 6.07) is 7.53. The highest BCUT2D eigenvalue weighted by molar-refractivity contribution is 7.22. The average Bonchev–Trinajstić information content (AvgIpc) is 3.17. The van der Waals surface area contributed by atoms with E-state index in [1.165, 1.54) is 49.0 Å². The Kier molecular flexibility index (Phi) is 5.78. The molecule has 0 radical (unpaired) electrons. The second kappa shape index (κ2) is 8.45. The fraction of sp³-hybridized carbons (Fsp3) is 0.381. The van der Waals surface area contributed by atoms with Crippen LogP contribution in [0.3, 0.4) is 0 Å². The van der Waals surface area contributed by atoms with E-state index >= 15 is 0 Å². The zero-order valence-corrected chi connectivity index (χ0v) is 17.3. The lowest BCUT2D eigenvalue weighted by Gasteiger charge is -2.22. The van der Waals surface area contributed by atoms with E-state index in [0.717, 1.165) is 16.0 Å². The van der Waals surface area contributed by atoms with Gasteiger partial charge in [-0.3, -0.25) is 15.1 Å². The van der Waals surface area contributed by atoms with E-state index in [0.29, 0.717) is 22.3 Å². The largest absolute Gasteiger partial charge is 0.494 e. The molecule has 1 aliphatic rings. The minimum Gasteiger partial charge on any atom is -0.494 e. The van der Waals surface area contributed by atoms with Crippen molar-refractivity contribution >= 4 is 44.2 Å². The molecule has 28 heavy (non-hydrogen) atoms. The average molecular weight is 416 g/mol. The predicted octanol–water partition coefficient (Wildman–Crippen LogP) is 5.74. The number of carbonyl (C=O) groups excluding carboxylic acids is 1. The predicted molar refractivity (Wildman–Crippen MR) is 114 cm³/mol. The number of rotatable bonds is 5. The normalized spacial score (nSPS) is 14.9. The summed E-state index contributed by atoms with van der Waals surface area (Å²) >= 11 is 7.34. The molecule has 5 nitrogen and oxygen atoms in total. The van der Waals surface area contributed by atoms with E-state index < -0.39 is 0 Å². The monoisotopic (exact) mass is 415 g/mol. The van der Waals surface area contributed by atoms with Crippen LogP contribution in [0.25, 0.3) is 10.2 Å². The van der Waals surface area contributed by atoms with Gasteiger partial charge in [0.1, 0.15) is 11.3 Å². The van der Waals surface area contributed by atoms with Gasteiger partial charge in [-0.2, -0.15) is 0 Å². The van der Waals surface area contributed by atoms with Crippen LogP contribution < -0.4 is 10.1 Å². The maximum Gasteiger partial charge on any atom is 0.257 e. The quantitative estimate of drug-likeness (QED) is 0.539. The van der Waals surface area contributed by atoms with Crippen molar-refractivity contribution < 1.29 is 9.53 Å². The molecule has 1 amide bonds. The summed E-state index contributed by atoms with van der Waals surface area (Å²) in [6.45, 7) is 0. The van der Waals surface area contributed by atoms with Crippen LogP contribution in [0.1, 0.15) is 59.6 Å². The number of anilines is 1. The van der Waals surface area contributed by atoms with Gasteiger partial charge in [-0.05, 0) is 42.5 Å². The maximum absolute atomic E-state index is 12.7. The number of thiazole rings is 1. The van der Waals surface area contributed by atoms with Crippen LogP contribution in [-0.2, 0) is 5.88 Å². The van der Waals surface area contributed by atoms with Gasteiger partial charge < -0.3 is 4.74 Å². The number of carbonyl (C=O) groups is 1. The van der Waals surface area contributed by atoms with Gasteiger partial charge in [0.15, 0.2) is 5.13 Å². The van der Waals surface area contributed by atoms with Crippen LogP contribution in [0.2, 0.25) is 0 Å². The lowest BCUT2D eigenvalue weighted by atomic mass is 9.84. The Bertz CT molecular complexity index is 998. The van der Waals surface area contributed by atoms with E-state index in [2.05, 4.69) is 21.4 Å². The van der Waals surface area contributed by atoms with E-state index in [4.69, 9.17) is 16.3 Å². The first-order valence-corrected chi connectivity index (χ1v) is 10.8. The van der Waals surface area contributed by atoms with Crippen LogP contribution >= 0.6 is 22.9 Å². The standard InChI is InChI=1S/C21H22ClN3O2S/c1-27-17-8-7-16(13-5-3-2-4-6-13)19-18(17)24-21(28-19)25-20(26)14-9-10-23-15(11-14)12-22/h7-11,13H,2-6,12H2,1H3,(H,24,25,26). The molecule has 0 saturated heterocycles. The van der Waals surface area contributed by atoms with Crippen molar-refractivity contribution in [1.82, 2.24) is 9.97 Å². The Labute approximate surface area is 173 Å². The van der Waals surface area contributed by atoms with Crippen molar-refractivity contribution in [3.8, 4) is 5.75 Å². The molecule has 3 aromatic rings. The first-order valence-electron chi connectivity index (χ1n) is 9.49. The van der Waals surface area contributed by atoms with Crippen molar-refractivity contribution in [3.05, 3.63) is 47.3 Å². The molecular weight excluding hydrogens is 394 g/mol. The number of halogens is 1. The fourth-order valence-corrected chi connectivity index (χ4v) is 5.03. The summed E-state index contributed by atoms with van der Waals surface area (Å²) in [5, 5.41) is 3.50. The SMILES string of the molecule is COc1ccc(C2CCCCC2)c2sc(NC(=O)c3ccnc(CCl)c3)nc12. The number of benzene rings is 1. The van der Waals surface area contributed by atoms with Gasteiger partial charge in [0, 0.05) is 11.8 Å². The van der Waals surface area contributed by atoms with Gasteiger partial charge in [-0.1, -0.05) is 36.7 Å². The van der Waals surface area contributed by atoms with Gasteiger partial charge in [0.25, 0.3) is 5.91 Å². The van der Waals surface area contributed by atoms with Crippen molar-refractivity contribution in [2.75, 3.05) is 12.4 Å². The number of fused-ring (bicyclic) bond motifs is 1. The highest BCUT2D eigenvalue weighted by Crippen LogP contribution is 2.42. The zero-order chi connectivity index (χ0) is 19.5. The highest BCUT2D eigenvalue weighted by Gasteiger charge is 2.22. The number of nitrogens with zero attached hydrogens (tertiary/aromatic N) is 2. The molecule has 7 heteroatoms. The third-order valence-electron chi connectivity index (χ3n) is 5.24. The second-order valence-corrected chi connectivity index (χ2v) is 8.28. The van der Waals surface area contributed by atoms with E-state index in [9.17, 15) is 4.79 Å². The van der Waals surface area contributed by atoms with Crippen molar-refractivity contribution in [1.29, 1.82) is 0 Å². The zero-order valence-electron chi connectivity index (χ0n) is 15.7. The fourth-order valence-electron chi connectivity index (χ4n) is 3.82. The molecule has 2 heterocycles. The molecule has 0 unspecified atom stereocenters. The molecule has 2 aromatic heterocycles. The number of amides is 1. The Morgan fingerprint density at radius 2 is 2.11 bits per heavy atom. The van der Waals surface area contributed by atoms with Crippen molar-refractivity contribution in [2.24, 2.45) is 0 Å². The number of aromatic nitrogens is 2. The summed E-state index contributed by atoms with van der Waals surface area (Å²) in [5.74, 6) is 1.34. The third kappa shape index (κ3) is 3.84. The lowest BCUT2D eigenvalue weighted by Crippen LogP contribution is -2.12. The summed E-state index contributed by atoms with van der Waals surface area (Å²) in [5.41, 5.74) is 3.33. The van der Waals surface area contributed by atoms with E-state index in [-0.39, 0.29) is 11.8 Å². The van der Waals surface area contributed by atoms with Crippen molar-refractivity contribution in [2.45, 2.75) is 43.9 Å². The number of methoxy groups -OCH3 is 1. The van der Waals surface area contributed by atoms with Gasteiger partial charge in [-0.25, -0.2) is 4.98 Å². The Hall–Kier alpha value is -2.18. The van der Waals surface area contributed by atoms with Gasteiger partial charge in [0.2, 0.25) is 0 Å². The van der Waals surface area contributed by atoms with Crippen LogP contribution in [-0.4, -0.2) is 23.0 Å². The molecule has 1 aliphatic carbocycles. The molecule has 1 N–H and O–H groups in total. The number of hydrogen-bond acceptors (Lipinski definition) is 5. The number of nitrogens with one attached hydrogen (secondary N) is 1. The van der Waals surface area contributed by atoms with Crippen LogP contribution in [0.15, 0.2) is 30.5 Å². The maximum atomic E-state index is 12.7. The number of alkyl halides is 1. The molecule has 1 fully saturated rings. The molecule has 146 valence electrons. The summed E-state index contributed by atoms with van der Waals surface area (Å²) in [4.78, 5) is 21.4. The first-order chi connectivity index (χ1) is 13.7. The molecule has 1 aromatic carbocycles. The molecule has 0 bridgehead atoms. The molecule has 1 saturated carbocycles. The second-order valence-electron chi connectivity index (χ2n) is 7.01.